The van der Waals surface area contributed by atoms with E-state index in [0.717, 1.165) is 41.6 Å². The molecule has 1 aliphatic rings. The lowest BCUT2D eigenvalue weighted by Gasteiger charge is -2.16. The van der Waals surface area contributed by atoms with E-state index in [9.17, 15) is 9.18 Å². The van der Waals surface area contributed by atoms with Crippen LogP contribution >= 0.6 is 11.6 Å². The predicted molar refractivity (Wildman–Crippen MR) is 71.4 cm³/mol. The van der Waals surface area contributed by atoms with Crippen molar-refractivity contribution in [2.45, 2.75) is 25.7 Å². The summed E-state index contributed by atoms with van der Waals surface area (Å²) in [6, 6.07) is 5.77. The third kappa shape index (κ3) is 2.28. The van der Waals surface area contributed by atoms with Crippen LogP contribution in [0.15, 0.2) is 29.1 Å². The summed E-state index contributed by atoms with van der Waals surface area (Å²) < 4.78 is 15.0. The molecule has 5 heteroatoms. The Kier molecular flexibility index (Phi) is 3.11. The van der Waals surface area contributed by atoms with E-state index in [0.29, 0.717) is 5.02 Å². The van der Waals surface area contributed by atoms with Crippen LogP contribution in [0.4, 0.5) is 4.39 Å². The number of rotatable bonds is 1. The van der Waals surface area contributed by atoms with Crippen LogP contribution in [-0.2, 0) is 12.8 Å². The highest BCUT2D eigenvalue weighted by Gasteiger charge is 2.15. The average Bonchev–Trinajstić information content (AvgIpc) is 2.38. The zero-order chi connectivity index (χ0) is 13.4. The van der Waals surface area contributed by atoms with Crippen molar-refractivity contribution in [2.24, 2.45) is 0 Å². The van der Waals surface area contributed by atoms with Gasteiger partial charge in [-0.25, -0.2) is 4.39 Å². The summed E-state index contributed by atoms with van der Waals surface area (Å²) in [7, 11) is 0. The SMILES string of the molecule is O=c1cc2c(nn1-c1ccc(Cl)cc1F)CCCC2. The highest BCUT2D eigenvalue weighted by atomic mass is 35.5. The van der Waals surface area contributed by atoms with Gasteiger partial charge in [-0.15, -0.1) is 0 Å². The molecule has 1 aromatic carbocycles. The first-order valence-corrected chi connectivity index (χ1v) is 6.60. The number of hydrogen-bond donors (Lipinski definition) is 0. The topological polar surface area (TPSA) is 34.9 Å². The zero-order valence-corrected chi connectivity index (χ0v) is 11.0. The molecule has 0 aliphatic heterocycles. The second-order valence-electron chi connectivity index (χ2n) is 4.67. The first-order valence-electron chi connectivity index (χ1n) is 6.23. The molecule has 0 bridgehead atoms. The van der Waals surface area contributed by atoms with E-state index in [1.165, 1.54) is 12.1 Å². The molecule has 19 heavy (non-hydrogen) atoms. The van der Waals surface area contributed by atoms with Crippen LogP contribution in [0.2, 0.25) is 5.02 Å². The minimum atomic E-state index is -0.544. The Hall–Kier alpha value is -1.68. The van der Waals surface area contributed by atoms with Gasteiger partial charge in [0.1, 0.15) is 11.5 Å². The van der Waals surface area contributed by atoms with E-state index < -0.39 is 5.82 Å². The first-order chi connectivity index (χ1) is 9.15. The Bertz CT molecular complexity index is 696. The monoisotopic (exact) mass is 278 g/mol. The number of benzene rings is 1. The number of halogens is 2. The molecule has 3 nitrogen and oxygen atoms in total. The molecule has 0 unspecified atom stereocenters. The molecule has 0 saturated heterocycles. The molecular weight excluding hydrogens is 267 g/mol. The second-order valence-corrected chi connectivity index (χ2v) is 5.11. The summed E-state index contributed by atoms with van der Waals surface area (Å²) in [5, 5.41) is 4.59. The molecule has 0 atom stereocenters. The van der Waals surface area contributed by atoms with Gasteiger partial charge in [0.25, 0.3) is 5.56 Å². The molecule has 1 heterocycles. The van der Waals surface area contributed by atoms with Gasteiger partial charge in [-0.1, -0.05) is 11.6 Å². The van der Waals surface area contributed by atoms with Crippen LogP contribution in [0.1, 0.15) is 24.1 Å². The molecule has 0 N–H and O–H groups in total. The summed E-state index contributed by atoms with van der Waals surface area (Å²) in [6.45, 7) is 0. The van der Waals surface area contributed by atoms with Gasteiger partial charge in [0, 0.05) is 11.1 Å². The molecule has 2 aromatic rings. The van der Waals surface area contributed by atoms with Crippen molar-refractivity contribution in [3.8, 4) is 5.69 Å². The van der Waals surface area contributed by atoms with Crippen LogP contribution in [0.25, 0.3) is 5.69 Å². The summed E-state index contributed by atoms with van der Waals surface area (Å²) in [4.78, 5) is 12.0. The van der Waals surface area contributed by atoms with Crippen molar-refractivity contribution in [2.75, 3.05) is 0 Å². The van der Waals surface area contributed by atoms with Gasteiger partial charge in [-0.05, 0) is 49.4 Å². The largest absolute Gasteiger partial charge is 0.271 e. The van der Waals surface area contributed by atoms with Gasteiger partial charge < -0.3 is 0 Å². The summed E-state index contributed by atoms with van der Waals surface area (Å²) in [5.41, 5.74) is 1.71. The highest BCUT2D eigenvalue weighted by Crippen LogP contribution is 2.20. The van der Waals surface area contributed by atoms with Crippen molar-refractivity contribution in [1.29, 1.82) is 0 Å². The molecule has 1 aliphatic carbocycles. The maximum Gasteiger partial charge on any atom is 0.271 e. The normalized spacial score (nSPS) is 14.2. The van der Waals surface area contributed by atoms with Gasteiger partial charge in [0.05, 0.1) is 5.69 Å². The maximum atomic E-state index is 13.9. The van der Waals surface area contributed by atoms with E-state index in [-0.39, 0.29) is 11.2 Å². The van der Waals surface area contributed by atoms with Gasteiger partial charge in [0.15, 0.2) is 0 Å². The minimum absolute atomic E-state index is 0.141. The Balaban J connectivity index is 2.17. The third-order valence-corrected chi connectivity index (χ3v) is 3.58. The van der Waals surface area contributed by atoms with Gasteiger partial charge in [0.2, 0.25) is 0 Å². The molecule has 0 saturated carbocycles. The fraction of sp³-hybridized carbons (Fsp3) is 0.286. The lowest BCUT2D eigenvalue weighted by molar-refractivity contribution is 0.589. The molecule has 3 rings (SSSR count). The van der Waals surface area contributed by atoms with Crippen molar-refractivity contribution in [3.05, 3.63) is 56.7 Å². The molecule has 1 aromatic heterocycles. The van der Waals surface area contributed by atoms with Crippen molar-refractivity contribution in [3.63, 3.8) is 0 Å². The van der Waals surface area contributed by atoms with E-state index in [1.807, 2.05) is 0 Å². The van der Waals surface area contributed by atoms with Crippen LogP contribution in [0, 0.1) is 5.82 Å². The summed E-state index contributed by atoms with van der Waals surface area (Å²) in [6.07, 6.45) is 3.85. The van der Waals surface area contributed by atoms with E-state index in [4.69, 9.17) is 11.6 Å². The van der Waals surface area contributed by atoms with E-state index >= 15 is 0 Å². The molecule has 0 amide bonds. The highest BCUT2D eigenvalue weighted by molar-refractivity contribution is 6.30. The molecule has 0 fully saturated rings. The second kappa shape index (κ2) is 4.78. The number of hydrogen-bond acceptors (Lipinski definition) is 2. The molecule has 0 spiro atoms. The lowest BCUT2D eigenvalue weighted by Crippen LogP contribution is -2.25. The van der Waals surface area contributed by atoms with Gasteiger partial charge >= 0.3 is 0 Å². The van der Waals surface area contributed by atoms with Crippen LogP contribution in [0.5, 0.6) is 0 Å². The average molecular weight is 279 g/mol. The quantitative estimate of drug-likeness (QED) is 0.804. The third-order valence-electron chi connectivity index (χ3n) is 3.35. The number of nitrogens with zero attached hydrogens (tertiary/aromatic N) is 2. The van der Waals surface area contributed by atoms with Crippen molar-refractivity contribution >= 4 is 11.6 Å². The maximum absolute atomic E-state index is 13.9. The fourth-order valence-corrected chi connectivity index (χ4v) is 2.55. The number of aromatic nitrogens is 2. The zero-order valence-electron chi connectivity index (χ0n) is 10.2. The molecule has 98 valence electrons. The summed E-state index contributed by atoms with van der Waals surface area (Å²) >= 11 is 5.71. The van der Waals surface area contributed by atoms with E-state index in [1.54, 1.807) is 12.1 Å². The molecule has 0 radical (unpaired) electrons. The first kappa shape index (κ1) is 12.4. The minimum Gasteiger partial charge on any atom is -0.267 e. The lowest BCUT2D eigenvalue weighted by atomic mass is 9.97. The fourth-order valence-electron chi connectivity index (χ4n) is 2.39. The van der Waals surface area contributed by atoms with Crippen LogP contribution < -0.4 is 5.56 Å². The Labute approximate surface area is 114 Å². The van der Waals surface area contributed by atoms with Crippen LogP contribution in [-0.4, -0.2) is 9.78 Å². The van der Waals surface area contributed by atoms with Crippen LogP contribution in [0.3, 0.4) is 0 Å². The number of aryl methyl sites for hydroxylation is 2. The molecular formula is C14H12ClFN2O. The Morgan fingerprint density at radius 2 is 2.00 bits per heavy atom. The standard InChI is InChI=1S/C14H12ClFN2O/c15-10-5-6-13(11(16)8-10)18-14(19)7-9-3-1-2-4-12(9)17-18/h5-8H,1-4H2. The van der Waals surface area contributed by atoms with E-state index in [2.05, 4.69) is 5.10 Å². The predicted octanol–water partition coefficient (Wildman–Crippen LogP) is 2.90. The number of fused-ring (bicyclic) bond motifs is 1. The van der Waals surface area contributed by atoms with Crippen molar-refractivity contribution < 1.29 is 4.39 Å². The Morgan fingerprint density at radius 1 is 1.21 bits per heavy atom. The Morgan fingerprint density at radius 3 is 2.79 bits per heavy atom. The smallest absolute Gasteiger partial charge is 0.267 e. The summed E-state index contributed by atoms with van der Waals surface area (Å²) in [5.74, 6) is -0.544. The van der Waals surface area contributed by atoms with Gasteiger partial charge in [-0.3, -0.25) is 4.79 Å². The van der Waals surface area contributed by atoms with Gasteiger partial charge in [-0.2, -0.15) is 9.78 Å². The van der Waals surface area contributed by atoms with Crippen molar-refractivity contribution in [1.82, 2.24) is 9.78 Å².